The van der Waals surface area contributed by atoms with Crippen LogP contribution in [0.1, 0.15) is 24.3 Å². The zero-order valence-electron chi connectivity index (χ0n) is 8.00. The SMILES string of the molecule is CC(C)(CN)Cc1cc(C#N)cs1. The van der Waals surface area contributed by atoms with E-state index in [1.54, 1.807) is 11.3 Å². The van der Waals surface area contributed by atoms with Crippen LogP contribution in [0.3, 0.4) is 0 Å². The molecule has 1 aromatic rings. The molecule has 0 fully saturated rings. The van der Waals surface area contributed by atoms with Crippen molar-refractivity contribution in [3.05, 3.63) is 21.9 Å². The van der Waals surface area contributed by atoms with Crippen molar-refractivity contribution in [3.8, 4) is 6.07 Å². The van der Waals surface area contributed by atoms with E-state index in [-0.39, 0.29) is 5.41 Å². The Bertz CT molecular complexity index is 320. The number of hydrogen-bond acceptors (Lipinski definition) is 3. The summed E-state index contributed by atoms with van der Waals surface area (Å²) in [6.07, 6.45) is 0.954. The number of nitriles is 1. The lowest BCUT2D eigenvalue weighted by molar-refractivity contribution is 0.379. The maximum absolute atomic E-state index is 8.64. The van der Waals surface area contributed by atoms with Gasteiger partial charge in [0.15, 0.2) is 0 Å². The van der Waals surface area contributed by atoms with Gasteiger partial charge < -0.3 is 5.73 Å². The monoisotopic (exact) mass is 194 g/mol. The highest BCUT2D eigenvalue weighted by Crippen LogP contribution is 2.24. The summed E-state index contributed by atoms with van der Waals surface area (Å²) in [5, 5.41) is 10.5. The van der Waals surface area contributed by atoms with E-state index in [1.165, 1.54) is 4.88 Å². The second-order valence-electron chi connectivity index (χ2n) is 3.96. The van der Waals surface area contributed by atoms with E-state index in [0.717, 1.165) is 12.0 Å². The Labute approximate surface area is 83.0 Å². The first-order chi connectivity index (χ1) is 6.07. The van der Waals surface area contributed by atoms with Crippen molar-refractivity contribution in [1.82, 2.24) is 0 Å². The summed E-state index contributed by atoms with van der Waals surface area (Å²) in [5.74, 6) is 0. The van der Waals surface area contributed by atoms with Crippen LogP contribution in [0.4, 0.5) is 0 Å². The molecular weight excluding hydrogens is 180 g/mol. The van der Waals surface area contributed by atoms with Gasteiger partial charge in [0.1, 0.15) is 0 Å². The molecule has 0 atom stereocenters. The maximum Gasteiger partial charge on any atom is 0.1000 e. The van der Waals surface area contributed by atoms with Gasteiger partial charge in [-0.2, -0.15) is 5.26 Å². The van der Waals surface area contributed by atoms with Gasteiger partial charge in [-0.15, -0.1) is 11.3 Å². The van der Waals surface area contributed by atoms with Crippen LogP contribution < -0.4 is 5.73 Å². The minimum Gasteiger partial charge on any atom is -0.330 e. The lowest BCUT2D eigenvalue weighted by Gasteiger charge is -2.20. The summed E-state index contributed by atoms with van der Waals surface area (Å²) in [5.41, 5.74) is 6.53. The van der Waals surface area contributed by atoms with E-state index < -0.39 is 0 Å². The quantitative estimate of drug-likeness (QED) is 0.801. The number of rotatable bonds is 3. The molecule has 3 heteroatoms. The van der Waals surface area contributed by atoms with E-state index in [0.29, 0.717) is 6.54 Å². The Morgan fingerprint density at radius 1 is 1.62 bits per heavy atom. The van der Waals surface area contributed by atoms with Gasteiger partial charge >= 0.3 is 0 Å². The third-order valence-electron chi connectivity index (χ3n) is 1.99. The summed E-state index contributed by atoms with van der Waals surface area (Å²) in [6.45, 7) is 4.95. The summed E-state index contributed by atoms with van der Waals surface area (Å²) < 4.78 is 0. The first-order valence-electron chi connectivity index (χ1n) is 4.25. The smallest absolute Gasteiger partial charge is 0.1000 e. The molecule has 0 aromatic carbocycles. The molecule has 1 aromatic heterocycles. The third-order valence-corrected chi connectivity index (χ3v) is 2.92. The Kier molecular flexibility index (Phi) is 3.07. The average Bonchev–Trinajstić information content (AvgIpc) is 2.52. The van der Waals surface area contributed by atoms with Crippen molar-refractivity contribution in [2.24, 2.45) is 11.1 Å². The molecule has 2 nitrogen and oxygen atoms in total. The predicted molar refractivity (Wildman–Crippen MR) is 55.6 cm³/mol. The Morgan fingerprint density at radius 2 is 2.31 bits per heavy atom. The summed E-state index contributed by atoms with van der Waals surface area (Å²) in [4.78, 5) is 1.24. The molecule has 1 heterocycles. The standard InChI is InChI=1S/C10H14N2S/c1-10(2,7-12)4-9-3-8(5-11)6-13-9/h3,6H,4,7,12H2,1-2H3. The van der Waals surface area contributed by atoms with Crippen LogP contribution >= 0.6 is 11.3 Å². The van der Waals surface area contributed by atoms with Gasteiger partial charge in [-0.05, 0) is 24.4 Å². The molecule has 0 spiro atoms. The number of hydrogen-bond donors (Lipinski definition) is 1. The zero-order valence-corrected chi connectivity index (χ0v) is 8.82. The molecule has 0 radical (unpaired) electrons. The lowest BCUT2D eigenvalue weighted by atomic mass is 9.89. The van der Waals surface area contributed by atoms with Crippen molar-refractivity contribution in [2.75, 3.05) is 6.54 Å². The van der Waals surface area contributed by atoms with Gasteiger partial charge in [0.25, 0.3) is 0 Å². The van der Waals surface area contributed by atoms with E-state index in [1.807, 2.05) is 11.4 Å². The summed E-state index contributed by atoms with van der Waals surface area (Å²) in [7, 11) is 0. The van der Waals surface area contributed by atoms with E-state index in [9.17, 15) is 0 Å². The van der Waals surface area contributed by atoms with Gasteiger partial charge in [0.2, 0.25) is 0 Å². The highest BCUT2D eigenvalue weighted by Gasteiger charge is 2.17. The molecule has 1 rings (SSSR count). The Balaban J connectivity index is 2.70. The van der Waals surface area contributed by atoms with Gasteiger partial charge in [0.05, 0.1) is 11.6 Å². The van der Waals surface area contributed by atoms with Crippen LogP contribution in [0.5, 0.6) is 0 Å². The molecule has 13 heavy (non-hydrogen) atoms. The van der Waals surface area contributed by atoms with E-state index >= 15 is 0 Å². The average molecular weight is 194 g/mol. The van der Waals surface area contributed by atoms with Crippen molar-refractivity contribution in [3.63, 3.8) is 0 Å². The lowest BCUT2D eigenvalue weighted by Crippen LogP contribution is -2.25. The minimum absolute atomic E-state index is 0.136. The molecule has 0 unspecified atom stereocenters. The van der Waals surface area contributed by atoms with Crippen LogP contribution in [0.15, 0.2) is 11.4 Å². The molecule has 0 aliphatic carbocycles. The third kappa shape index (κ3) is 2.83. The van der Waals surface area contributed by atoms with E-state index in [2.05, 4.69) is 19.9 Å². The van der Waals surface area contributed by atoms with Crippen molar-refractivity contribution in [1.29, 1.82) is 5.26 Å². The number of nitrogens with two attached hydrogens (primary N) is 1. The van der Waals surface area contributed by atoms with Crippen LogP contribution in [-0.4, -0.2) is 6.54 Å². The number of thiophene rings is 1. The van der Waals surface area contributed by atoms with Crippen molar-refractivity contribution < 1.29 is 0 Å². The molecule has 0 aliphatic rings. The largest absolute Gasteiger partial charge is 0.330 e. The summed E-state index contributed by atoms with van der Waals surface area (Å²) in [6, 6.07) is 4.08. The second kappa shape index (κ2) is 3.91. The van der Waals surface area contributed by atoms with Crippen LogP contribution in [0, 0.1) is 16.7 Å². The highest BCUT2D eigenvalue weighted by atomic mass is 32.1. The zero-order chi connectivity index (χ0) is 9.90. The van der Waals surface area contributed by atoms with Crippen molar-refractivity contribution >= 4 is 11.3 Å². The molecular formula is C10H14N2S. The Hall–Kier alpha value is -0.850. The van der Waals surface area contributed by atoms with Gasteiger partial charge in [-0.1, -0.05) is 13.8 Å². The molecule has 0 aliphatic heterocycles. The van der Waals surface area contributed by atoms with Gasteiger partial charge in [0, 0.05) is 10.3 Å². The topological polar surface area (TPSA) is 49.8 Å². The van der Waals surface area contributed by atoms with Gasteiger partial charge in [-0.25, -0.2) is 0 Å². The molecule has 0 saturated carbocycles. The van der Waals surface area contributed by atoms with Crippen LogP contribution in [-0.2, 0) is 6.42 Å². The fourth-order valence-electron chi connectivity index (χ4n) is 1.08. The molecule has 2 N–H and O–H groups in total. The number of nitrogens with zero attached hydrogens (tertiary/aromatic N) is 1. The fraction of sp³-hybridized carbons (Fsp3) is 0.500. The molecule has 0 bridgehead atoms. The molecule has 70 valence electrons. The van der Waals surface area contributed by atoms with Gasteiger partial charge in [-0.3, -0.25) is 0 Å². The van der Waals surface area contributed by atoms with Crippen LogP contribution in [0.2, 0.25) is 0 Å². The van der Waals surface area contributed by atoms with Crippen molar-refractivity contribution in [2.45, 2.75) is 20.3 Å². The molecule has 0 saturated heterocycles. The highest BCUT2D eigenvalue weighted by molar-refractivity contribution is 7.10. The predicted octanol–water partition coefficient (Wildman–Crippen LogP) is 2.15. The first-order valence-corrected chi connectivity index (χ1v) is 5.13. The van der Waals surface area contributed by atoms with Crippen LogP contribution in [0.25, 0.3) is 0 Å². The minimum atomic E-state index is 0.136. The maximum atomic E-state index is 8.64. The second-order valence-corrected chi connectivity index (χ2v) is 4.95. The Morgan fingerprint density at radius 3 is 2.77 bits per heavy atom. The normalized spacial score (nSPS) is 11.2. The van der Waals surface area contributed by atoms with E-state index in [4.69, 9.17) is 11.0 Å². The molecule has 0 amide bonds. The fourth-order valence-corrected chi connectivity index (χ4v) is 2.14. The summed E-state index contributed by atoms with van der Waals surface area (Å²) >= 11 is 1.64. The first kappa shape index (κ1) is 10.2.